The van der Waals surface area contributed by atoms with E-state index in [2.05, 4.69) is 25.4 Å². The molecule has 0 aromatic carbocycles. The highest BCUT2D eigenvalue weighted by Gasteiger charge is 2.11. The second-order valence-electron chi connectivity index (χ2n) is 4.06. The SMILES string of the molecule is CNc1nc(OC(C)C)nc(-c2ccn(C)n2)n1. The molecule has 2 rings (SSSR count). The molecule has 0 aliphatic rings. The maximum absolute atomic E-state index is 5.49. The highest BCUT2D eigenvalue weighted by atomic mass is 16.5. The first kappa shape index (κ1) is 12.3. The predicted octanol–water partition coefficient (Wildman–Crippen LogP) is 1.10. The summed E-state index contributed by atoms with van der Waals surface area (Å²) in [6.07, 6.45) is 1.84. The zero-order chi connectivity index (χ0) is 13.1. The smallest absolute Gasteiger partial charge is 0.322 e. The third kappa shape index (κ3) is 2.73. The van der Waals surface area contributed by atoms with E-state index in [0.29, 0.717) is 23.5 Å². The number of aromatic nitrogens is 5. The number of hydrogen-bond donors (Lipinski definition) is 1. The fourth-order valence-electron chi connectivity index (χ4n) is 1.38. The highest BCUT2D eigenvalue weighted by Crippen LogP contribution is 2.17. The van der Waals surface area contributed by atoms with Gasteiger partial charge in [0.25, 0.3) is 0 Å². The van der Waals surface area contributed by atoms with Gasteiger partial charge in [-0.15, -0.1) is 0 Å². The molecule has 0 atom stereocenters. The van der Waals surface area contributed by atoms with E-state index < -0.39 is 0 Å². The quantitative estimate of drug-likeness (QED) is 0.873. The number of ether oxygens (including phenoxy) is 1. The van der Waals surface area contributed by atoms with E-state index in [1.807, 2.05) is 33.2 Å². The summed E-state index contributed by atoms with van der Waals surface area (Å²) in [6, 6.07) is 2.14. The lowest BCUT2D eigenvalue weighted by molar-refractivity contribution is 0.222. The van der Waals surface area contributed by atoms with Gasteiger partial charge < -0.3 is 10.1 Å². The van der Waals surface area contributed by atoms with Gasteiger partial charge in [0, 0.05) is 20.3 Å². The van der Waals surface area contributed by atoms with Gasteiger partial charge in [-0.3, -0.25) is 4.68 Å². The molecule has 0 unspecified atom stereocenters. The zero-order valence-electron chi connectivity index (χ0n) is 10.9. The van der Waals surface area contributed by atoms with Crippen molar-refractivity contribution in [2.75, 3.05) is 12.4 Å². The zero-order valence-corrected chi connectivity index (χ0v) is 10.9. The van der Waals surface area contributed by atoms with Gasteiger partial charge in [0.15, 0.2) is 5.82 Å². The van der Waals surface area contributed by atoms with Crippen LogP contribution >= 0.6 is 0 Å². The number of anilines is 1. The van der Waals surface area contributed by atoms with Crippen LogP contribution in [0.15, 0.2) is 12.3 Å². The van der Waals surface area contributed by atoms with Crippen molar-refractivity contribution in [3.05, 3.63) is 12.3 Å². The molecular formula is C11H16N6O. The van der Waals surface area contributed by atoms with E-state index >= 15 is 0 Å². The van der Waals surface area contributed by atoms with Gasteiger partial charge in [0.1, 0.15) is 5.69 Å². The molecule has 2 aromatic heterocycles. The summed E-state index contributed by atoms with van der Waals surface area (Å²) < 4.78 is 7.18. The average molecular weight is 248 g/mol. The highest BCUT2D eigenvalue weighted by molar-refractivity contribution is 5.50. The number of rotatable bonds is 4. The van der Waals surface area contributed by atoms with Crippen LogP contribution in [0.1, 0.15) is 13.8 Å². The Kier molecular flexibility index (Phi) is 3.40. The summed E-state index contributed by atoms with van der Waals surface area (Å²) >= 11 is 0. The Balaban J connectivity index is 2.40. The van der Waals surface area contributed by atoms with Crippen molar-refractivity contribution in [3.8, 4) is 17.5 Å². The molecule has 0 aliphatic heterocycles. The number of hydrogen-bond acceptors (Lipinski definition) is 6. The van der Waals surface area contributed by atoms with Crippen LogP contribution in [0.5, 0.6) is 6.01 Å². The lowest BCUT2D eigenvalue weighted by atomic mass is 10.4. The molecule has 7 heteroatoms. The molecule has 96 valence electrons. The fraction of sp³-hybridized carbons (Fsp3) is 0.455. The van der Waals surface area contributed by atoms with Crippen LogP contribution in [0.2, 0.25) is 0 Å². The van der Waals surface area contributed by atoms with Crippen molar-refractivity contribution in [2.45, 2.75) is 20.0 Å². The van der Waals surface area contributed by atoms with Crippen LogP contribution in [0.3, 0.4) is 0 Å². The maximum atomic E-state index is 5.49. The molecule has 0 bridgehead atoms. The third-order valence-electron chi connectivity index (χ3n) is 2.12. The Bertz CT molecular complexity index is 536. The molecule has 0 saturated heterocycles. The Hall–Kier alpha value is -2.18. The van der Waals surface area contributed by atoms with Crippen molar-refractivity contribution in [1.29, 1.82) is 0 Å². The molecule has 0 fully saturated rings. The molecule has 2 aromatic rings. The van der Waals surface area contributed by atoms with E-state index in [-0.39, 0.29) is 6.10 Å². The van der Waals surface area contributed by atoms with Gasteiger partial charge in [0.2, 0.25) is 5.95 Å². The van der Waals surface area contributed by atoms with E-state index in [0.717, 1.165) is 0 Å². The first-order chi connectivity index (χ1) is 8.58. The number of aryl methyl sites for hydroxylation is 1. The van der Waals surface area contributed by atoms with Crippen molar-refractivity contribution in [2.24, 2.45) is 7.05 Å². The lowest BCUT2D eigenvalue weighted by Gasteiger charge is -2.09. The molecular weight excluding hydrogens is 232 g/mol. The Morgan fingerprint density at radius 3 is 2.61 bits per heavy atom. The van der Waals surface area contributed by atoms with E-state index in [4.69, 9.17) is 4.74 Å². The first-order valence-corrected chi connectivity index (χ1v) is 5.69. The second kappa shape index (κ2) is 4.99. The van der Waals surface area contributed by atoms with Crippen LogP contribution < -0.4 is 10.1 Å². The standard InChI is InChI=1S/C11H16N6O/c1-7(2)18-11-14-9(13-10(12-3)15-11)8-5-6-17(4)16-8/h5-7H,1-4H3,(H,12,13,14,15). The third-order valence-corrected chi connectivity index (χ3v) is 2.12. The number of nitrogens with one attached hydrogen (secondary N) is 1. The minimum absolute atomic E-state index is 0.00805. The van der Waals surface area contributed by atoms with Gasteiger partial charge in [-0.2, -0.15) is 20.1 Å². The summed E-state index contributed by atoms with van der Waals surface area (Å²) in [7, 11) is 3.59. The van der Waals surface area contributed by atoms with Gasteiger partial charge in [0.05, 0.1) is 6.10 Å². The molecule has 0 aliphatic carbocycles. The summed E-state index contributed by atoms with van der Waals surface area (Å²) in [5.41, 5.74) is 0.685. The molecule has 7 nitrogen and oxygen atoms in total. The second-order valence-corrected chi connectivity index (χ2v) is 4.06. The van der Waals surface area contributed by atoms with Crippen molar-refractivity contribution in [3.63, 3.8) is 0 Å². The first-order valence-electron chi connectivity index (χ1n) is 5.69. The monoisotopic (exact) mass is 248 g/mol. The Morgan fingerprint density at radius 1 is 1.28 bits per heavy atom. The van der Waals surface area contributed by atoms with Crippen LogP contribution in [0, 0.1) is 0 Å². The molecule has 0 spiro atoms. The molecule has 0 radical (unpaired) electrons. The van der Waals surface area contributed by atoms with Crippen LogP contribution in [0.25, 0.3) is 11.5 Å². The van der Waals surface area contributed by atoms with E-state index in [1.54, 1.807) is 11.7 Å². The van der Waals surface area contributed by atoms with Gasteiger partial charge in [-0.1, -0.05) is 0 Å². The van der Waals surface area contributed by atoms with Crippen LogP contribution in [0.4, 0.5) is 5.95 Å². The molecule has 1 N–H and O–H groups in total. The average Bonchev–Trinajstić information content (AvgIpc) is 2.74. The summed E-state index contributed by atoms with van der Waals surface area (Å²) in [5, 5.41) is 7.14. The summed E-state index contributed by atoms with van der Waals surface area (Å²) in [6.45, 7) is 3.84. The molecule has 0 saturated carbocycles. The topological polar surface area (TPSA) is 77.8 Å². The largest absolute Gasteiger partial charge is 0.461 e. The van der Waals surface area contributed by atoms with Crippen LogP contribution in [-0.4, -0.2) is 37.9 Å². The Labute approximate surface area is 105 Å². The number of nitrogens with zero attached hydrogens (tertiary/aromatic N) is 5. The lowest BCUT2D eigenvalue weighted by Crippen LogP contribution is -2.11. The minimum Gasteiger partial charge on any atom is -0.461 e. The predicted molar refractivity (Wildman–Crippen MR) is 67.3 cm³/mol. The van der Waals surface area contributed by atoms with Gasteiger partial charge in [-0.25, -0.2) is 0 Å². The fourth-order valence-corrected chi connectivity index (χ4v) is 1.38. The normalized spacial score (nSPS) is 10.7. The van der Waals surface area contributed by atoms with Crippen molar-refractivity contribution in [1.82, 2.24) is 24.7 Å². The van der Waals surface area contributed by atoms with Gasteiger partial charge >= 0.3 is 6.01 Å². The summed E-state index contributed by atoms with van der Waals surface area (Å²) in [4.78, 5) is 12.6. The van der Waals surface area contributed by atoms with Gasteiger partial charge in [-0.05, 0) is 19.9 Å². The molecule has 18 heavy (non-hydrogen) atoms. The van der Waals surface area contributed by atoms with Crippen molar-refractivity contribution < 1.29 is 4.74 Å². The maximum Gasteiger partial charge on any atom is 0.322 e. The molecule has 0 amide bonds. The summed E-state index contributed by atoms with van der Waals surface area (Å²) in [5.74, 6) is 0.951. The molecule has 2 heterocycles. The van der Waals surface area contributed by atoms with E-state index in [9.17, 15) is 0 Å². The van der Waals surface area contributed by atoms with Crippen molar-refractivity contribution >= 4 is 5.95 Å². The minimum atomic E-state index is 0.00805. The Morgan fingerprint density at radius 2 is 2.06 bits per heavy atom. The van der Waals surface area contributed by atoms with E-state index in [1.165, 1.54) is 0 Å². The van der Waals surface area contributed by atoms with Crippen LogP contribution in [-0.2, 0) is 7.05 Å².